The van der Waals surface area contributed by atoms with E-state index in [0.29, 0.717) is 16.3 Å². The van der Waals surface area contributed by atoms with Crippen molar-refractivity contribution in [3.05, 3.63) is 81.2 Å². The number of aromatic nitrogens is 2. The van der Waals surface area contributed by atoms with E-state index >= 15 is 0 Å². The SMILES string of the molecule is O=c1c(Cl)c(NCc2cccc(OC(F)F)c2)cnn1-c1ccc(F)cc1F. The van der Waals surface area contributed by atoms with Gasteiger partial charge in [-0.15, -0.1) is 0 Å². The largest absolute Gasteiger partial charge is 0.435 e. The summed E-state index contributed by atoms with van der Waals surface area (Å²) in [5.41, 5.74) is -0.322. The fourth-order valence-electron chi connectivity index (χ4n) is 2.41. The van der Waals surface area contributed by atoms with Gasteiger partial charge in [0.2, 0.25) is 0 Å². The Morgan fingerprint density at radius 3 is 2.68 bits per heavy atom. The van der Waals surface area contributed by atoms with Gasteiger partial charge in [0.05, 0.1) is 11.9 Å². The summed E-state index contributed by atoms with van der Waals surface area (Å²) in [6.07, 6.45) is 1.20. The number of alkyl halides is 2. The van der Waals surface area contributed by atoms with Gasteiger partial charge in [-0.25, -0.2) is 8.78 Å². The van der Waals surface area contributed by atoms with Crippen molar-refractivity contribution in [2.24, 2.45) is 0 Å². The van der Waals surface area contributed by atoms with E-state index in [4.69, 9.17) is 11.6 Å². The number of hydrogen-bond acceptors (Lipinski definition) is 4. The second-order valence-electron chi connectivity index (χ2n) is 5.56. The molecule has 146 valence electrons. The maximum absolute atomic E-state index is 13.9. The first kappa shape index (κ1) is 19.7. The van der Waals surface area contributed by atoms with Crippen LogP contribution in [0.5, 0.6) is 5.75 Å². The van der Waals surface area contributed by atoms with Crippen LogP contribution >= 0.6 is 11.6 Å². The number of anilines is 1. The lowest BCUT2D eigenvalue weighted by Crippen LogP contribution is -2.23. The number of rotatable bonds is 6. The van der Waals surface area contributed by atoms with Crippen LogP contribution in [0.1, 0.15) is 5.56 Å². The third-order valence-electron chi connectivity index (χ3n) is 3.66. The molecule has 28 heavy (non-hydrogen) atoms. The van der Waals surface area contributed by atoms with Gasteiger partial charge >= 0.3 is 6.61 Å². The highest BCUT2D eigenvalue weighted by Crippen LogP contribution is 2.21. The molecule has 0 atom stereocenters. The van der Waals surface area contributed by atoms with Gasteiger partial charge < -0.3 is 10.1 Å². The van der Waals surface area contributed by atoms with Crippen molar-refractivity contribution in [3.63, 3.8) is 0 Å². The topological polar surface area (TPSA) is 56.1 Å². The highest BCUT2D eigenvalue weighted by Gasteiger charge is 2.14. The van der Waals surface area contributed by atoms with Crippen LogP contribution in [-0.2, 0) is 6.54 Å². The van der Waals surface area contributed by atoms with E-state index in [2.05, 4.69) is 15.2 Å². The minimum absolute atomic E-state index is 0.0132. The summed E-state index contributed by atoms with van der Waals surface area (Å²) < 4.78 is 56.5. The molecule has 2 aromatic carbocycles. The molecule has 0 saturated heterocycles. The number of nitrogens with zero attached hydrogens (tertiary/aromatic N) is 2. The molecule has 0 aliphatic carbocycles. The van der Waals surface area contributed by atoms with E-state index in [1.165, 1.54) is 24.4 Å². The van der Waals surface area contributed by atoms with Gasteiger partial charge in [0, 0.05) is 12.6 Å². The van der Waals surface area contributed by atoms with Crippen molar-refractivity contribution >= 4 is 17.3 Å². The molecule has 0 unspecified atom stereocenters. The first-order valence-corrected chi connectivity index (χ1v) is 8.24. The Labute approximate surface area is 161 Å². The number of nitrogens with one attached hydrogen (secondary N) is 1. The summed E-state index contributed by atoms with van der Waals surface area (Å²) in [5, 5.41) is 6.42. The van der Waals surface area contributed by atoms with E-state index < -0.39 is 23.8 Å². The molecule has 10 heteroatoms. The Bertz CT molecular complexity index is 1060. The molecule has 3 rings (SSSR count). The normalized spacial score (nSPS) is 10.9. The fraction of sp³-hybridized carbons (Fsp3) is 0.111. The molecule has 5 nitrogen and oxygen atoms in total. The molecule has 0 fully saturated rings. The first-order valence-electron chi connectivity index (χ1n) is 7.86. The molecule has 0 radical (unpaired) electrons. The monoisotopic (exact) mass is 413 g/mol. The summed E-state index contributed by atoms with van der Waals surface area (Å²) in [6, 6.07) is 8.64. The molecular weight excluding hydrogens is 402 g/mol. The predicted molar refractivity (Wildman–Crippen MR) is 95.2 cm³/mol. The lowest BCUT2D eigenvalue weighted by atomic mass is 10.2. The minimum Gasteiger partial charge on any atom is -0.435 e. The van der Waals surface area contributed by atoms with Gasteiger partial charge in [0.1, 0.15) is 22.3 Å². The third-order valence-corrected chi connectivity index (χ3v) is 4.03. The Morgan fingerprint density at radius 1 is 1.18 bits per heavy atom. The lowest BCUT2D eigenvalue weighted by Gasteiger charge is -2.12. The Hall–Kier alpha value is -3.07. The summed E-state index contributed by atoms with van der Waals surface area (Å²) in [5.74, 6) is -1.78. The van der Waals surface area contributed by atoms with Gasteiger partial charge in [-0.05, 0) is 29.8 Å². The Balaban J connectivity index is 1.81. The number of hydrogen-bond donors (Lipinski definition) is 1. The van der Waals surface area contributed by atoms with Crippen molar-refractivity contribution in [1.82, 2.24) is 9.78 Å². The summed E-state index contributed by atoms with van der Waals surface area (Å²) in [7, 11) is 0. The van der Waals surface area contributed by atoms with Crippen molar-refractivity contribution in [1.29, 1.82) is 0 Å². The maximum atomic E-state index is 13.9. The van der Waals surface area contributed by atoms with Crippen LogP contribution in [0.2, 0.25) is 5.02 Å². The molecule has 1 heterocycles. The molecule has 0 spiro atoms. The molecule has 0 aliphatic heterocycles. The number of halogens is 5. The molecule has 0 aliphatic rings. The zero-order chi connectivity index (χ0) is 20.3. The van der Waals surface area contributed by atoms with E-state index in [0.717, 1.165) is 12.1 Å². The van der Waals surface area contributed by atoms with Crippen molar-refractivity contribution in [3.8, 4) is 11.4 Å². The minimum atomic E-state index is -2.94. The zero-order valence-electron chi connectivity index (χ0n) is 14.0. The second kappa shape index (κ2) is 8.30. The maximum Gasteiger partial charge on any atom is 0.387 e. The van der Waals surface area contributed by atoms with Gasteiger partial charge in [-0.3, -0.25) is 4.79 Å². The Kier molecular flexibility index (Phi) is 5.84. The molecular formula is C18H12ClF4N3O2. The lowest BCUT2D eigenvalue weighted by molar-refractivity contribution is -0.0498. The number of ether oxygens (including phenoxy) is 1. The van der Waals surface area contributed by atoms with E-state index in [1.807, 2.05) is 0 Å². The van der Waals surface area contributed by atoms with Crippen molar-refractivity contribution in [2.45, 2.75) is 13.2 Å². The summed E-state index contributed by atoms with van der Waals surface area (Å²) in [6.45, 7) is -2.81. The van der Waals surface area contributed by atoms with E-state index in [9.17, 15) is 22.4 Å². The van der Waals surface area contributed by atoms with Crippen LogP contribution in [0.4, 0.5) is 23.2 Å². The molecule has 0 amide bonds. The highest BCUT2D eigenvalue weighted by atomic mass is 35.5. The number of benzene rings is 2. The average molecular weight is 414 g/mol. The molecule has 0 bridgehead atoms. The average Bonchev–Trinajstić information content (AvgIpc) is 2.63. The second-order valence-corrected chi connectivity index (χ2v) is 5.94. The van der Waals surface area contributed by atoms with Gasteiger partial charge in [-0.2, -0.15) is 18.6 Å². The molecule has 3 aromatic rings. The van der Waals surface area contributed by atoms with Crippen molar-refractivity contribution < 1.29 is 22.3 Å². The molecule has 1 aromatic heterocycles. The molecule has 1 N–H and O–H groups in total. The van der Waals surface area contributed by atoms with E-state index in [1.54, 1.807) is 6.07 Å². The predicted octanol–water partition coefficient (Wildman–Crippen LogP) is 4.38. The zero-order valence-corrected chi connectivity index (χ0v) is 14.8. The smallest absolute Gasteiger partial charge is 0.387 e. The Morgan fingerprint density at radius 2 is 1.96 bits per heavy atom. The van der Waals surface area contributed by atoms with Crippen molar-refractivity contribution in [2.75, 3.05) is 5.32 Å². The van der Waals surface area contributed by atoms with Crippen LogP contribution in [0.3, 0.4) is 0 Å². The van der Waals surface area contributed by atoms with Crippen LogP contribution in [0.25, 0.3) is 5.69 Å². The highest BCUT2D eigenvalue weighted by molar-refractivity contribution is 6.32. The van der Waals surface area contributed by atoms with Crippen LogP contribution in [0.15, 0.2) is 53.5 Å². The summed E-state index contributed by atoms with van der Waals surface area (Å²) in [4.78, 5) is 12.4. The van der Waals surface area contributed by atoms with Crippen LogP contribution in [-0.4, -0.2) is 16.4 Å². The van der Waals surface area contributed by atoms with E-state index in [-0.39, 0.29) is 28.7 Å². The van der Waals surface area contributed by atoms with Gasteiger partial charge in [0.25, 0.3) is 5.56 Å². The molecule has 0 saturated carbocycles. The van der Waals surface area contributed by atoms with Gasteiger partial charge in [-0.1, -0.05) is 23.7 Å². The summed E-state index contributed by atoms with van der Waals surface area (Å²) >= 11 is 6.04. The van der Waals surface area contributed by atoms with Gasteiger partial charge in [0.15, 0.2) is 5.82 Å². The van der Waals surface area contributed by atoms with Crippen LogP contribution < -0.4 is 15.6 Å². The quantitative estimate of drug-likeness (QED) is 0.609. The van der Waals surface area contributed by atoms with Crippen LogP contribution in [0, 0.1) is 11.6 Å². The third kappa shape index (κ3) is 4.42. The first-order chi connectivity index (χ1) is 13.3. The standard InChI is InChI=1S/C18H12ClF4N3O2/c19-16-14(24-8-10-2-1-3-12(6-10)28-18(22)23)9-25-26(17(16)27)15-5-4-11(20)7-13(15)21/h1-7,9,18,24H,8H2. The fourth-order valence-corrected chi connectivity index (χ4v) is 2.61.